The van der Waals surface area contributed by atoms with E-state index in [1.54, 1.807) is 6.92 Å². The van der Waals surface area contributed by atoms with Crippen LogP contribution < -0.4 is 10.6 Å². The number of urea groups is 1. The van der Waals surface area contributed by atoms with Crippen LogP contribution in [-0.2, 0) is 19.1 Å². The summed E-state index contributed by atoms with van der Waals surface area (Å²) in [6.07, 6.45) is 7.50. The van der Waals surface area contributed by atoms with Gasteiger partial charge in [-0.2, -0.15) is 0 Å². The van der Waals surface area contributed by atoms with Gasteiger partial charge in [-0.15, -0.1) is 0 Å². The molecule has 0 heterocycles. The molecule has 0 aromatic heterocycles. The Bertz CT molecular complexity index is 416. The molecule has 2 amide bonds. The van der Waals surface area contributed by atoms with Crippen LogP contribution in [0.1, 0.15) is 39.0 Å². The maximum atomic E-state index is 11.8. The number of ether oxygens (including phenoxy) is 2. The van der Waals surface area contributed by atoms with Crippen LogP contribution in [0, 0.1) is 0 Å². The zero-order chi connectivity index (χ0) is 16.4. The Morgan fingerprint density at radius 1 is 1.14 bits per heavy atom. The summed E-state index contributed by atoms with van der Waals surface area (Å²) in [5, 5.41) is 5.63. The Kier molecular flexibility index (Phi) is 8.03. The fourth-order valence-electron chi connectivity index (χ4n) is 2.20. The third-order valence-electron chi connectivity index (χ3n) is 3.35. The lowest BCUT2D eigenvalue weighted by atomic mass is 9.96. The molecule has 1 saturated carbocycles. The fourth-order valence-corrected chi connectivity index (χ4v) is 2.20. The summed E-state index contributed by atoms with van der Waals surface area (Å²) in [6.45, 7) is 1.76. The van der Waals surface area contributed by atoms with Gasteiger partial charge >= 0.3 is 18.0 Å². The molecule has 7 nitrogen and oxygen atoms in total. The Labute approximate surface area is 130 Å². The van der Waals surface area contributed by atoms with E-state index < -0.39 is 11.9 Å². The van der Waals surface area contributed by atoms with E-state index in [-0.39, 0.29) is 24.7 Å². The van der Waals surface area contributed by atoms with Crippen molar-refractivity contribution in [3.63, 3.8) is 0 Å². The van der Waals surface area contributed by atoms with E-state index in [0.717, 1.165) is 37.8 Å². The van der Waals surface area contributed by atoms with E-state index in [4.69, 9.17) is 4.74 Å². The van der Waals surface area contributed by atoms with E-state index in [9.17, 15) is 14.4 Å². The number of carbonyl (C=O) groups excluding carboxylic acids is 3. The minimum atomic E-state index is -0.660. The topological polar surface area (TPSA) is 93.7 Å². The van der Waals surface area contributed by atoms with Crippen molar-refractivity contribution in [1.29, 1.82) is 0 Å². The van der Waals surface area contributed by atoms with Gasteiger partial charge in [-0.3, -0.25) is 0 Å². The van der Waals surface area contributed by atoms with Gasteiger partial charge in [-0.05, 0) is 19.8 Å². The highest BCUT2D eigenvalue weighted by Crippen LogP contribution is 2.17. The largest absolute Gasteiger partial charge is 0.466 e. The van der Waals surface area contributed by atoms with Crippen molar-refractivity contribution in [2.75, 3.05) is 13.7 Å². The molecule has 1 fully saturated rings. The van der Waals surface area contributed by atoms with Crippen molar-refractivity contribution in [1.82, 2.24) is 10.6 Å². The molecule has 1 aliphatic carbocycles. The Morgan fingerprint density at radius 2 is 1.77 bits per heavy atom. The van der Waals surface area contributed by atoms with E-state index >= 15 is 0 Å². The van der Waals surface area contributed by atoms with Crippen molar-refractivity contribution >= 4 is 18.0 Å². The average Bonchev–Trinajstić information content (AvgIpc) is 2.51. The molecule has 0 saturated heterocycles. The SMILES string of the molecule is COC(=O)/C=C/C(=O)OCC(C)NC(=O)NC1CCCCC1. The second-order valence-electron chi connectivity index (χ2n) is 5.34. The van der Waals surface area contributed by atoms with E-state index in [2.05, 4.69) is 15.4 Å². The summed E-state index contributed by atoms with van der Waals surface area (Å²) < 4.78 is 9.27. The summed E-state index contributed by atoms with van der Waals surface area (Å²) in [7, 11) is 1.22. The standard InChI is InChI=1S/C15H24N2O5/c1-11(10-22-14(19)9-8-13(18)21-2)16-15(20)17-12-6-4-3-5-7-12/h8-9,11-12H,3-7,10H2,1-2H3,(H2,16,17,20)/b9-8+. The first-order valence-electron chi connectivity index (χ1n) is 7.51. The number of carbonyl (C=O) groups is 3. The zero-order valence-electron chi connectivity index (χ0n) is 13.1. The van der Waals surface area contributed by atoms with Gasteiger partial charge in [0.25, 0.3) is 0 Å². The summed E-state index contributed by atoms with van der Waals surface area (Å²) in [5.74, 6) is -1.29. The van der Waals surface area contributed by atoms with Gasteiger partial charge in [0.2, 0.25) is 0 Å². The van der Waals surface area contributed by atoms with Crippen molar-refractivity contribution in [3.05, 3.63) is 12.2 Å². The molecule has 2 N–H and O–H groups in total. The molecular formula is C15H24N2O5. The summed E-state index contributed by atoms with van der Waals surface area (Å²) in [6, 6.07) is -0.342. The first-order chi connectivity index (χ1) is 10.5. The number of amides is 2. The first-order valence-corrected chi connectivity index (χ1v) is 7.51. The number of hydrogen-bond donors (Lipinski definition) is 2. The van der Waals surface area contributed by atoms with Crippen LogP contribution in [0.25, 0.3) is 0 Å². The molecule has 0 aromatic rings. The molecule has 0 bridgehead atoms. The van der Waals surface area contributed by atoms with E-state index in [1.807, 2.05) is 0 Å². The van der Waals surface area contributed by atoms with Crippen LogP contribution in [0.15, 0.2) is 12.2 Å². The van der Waals surface area contributed by atoms with Gasteiger partial charge in [-0.25, -0.2) is 14.4 Å². The Balaban J connectivity index is 2.20. The molecule has 1 atom stereocenters. The summed E-state index contributed by atoms with van der Waals surface area (Å²) >= 11 is 0. The fraction of sp³-hybridized carbons (Fsp3) is 0.667. The van der Waals surface area contributed by atoms with Crippen LogP contribution in [0.3, 0.4) is 0 Å². The monoisotopic (exact) mass is 312 g/mol. The van der Waals surface area contributed by atoms with Crippen LogP contribution >= 0.6 is 0 Å². The Hall–Kier alpha value is -2.05. The van der Waals surface area contributed by atoms with Gasteiger partial charge in [0, 0.05) is 18.2 Å². The molecule has 0 radical (unpaired) electrons. The zero-order valence-corrected chi connectivity index (χ0v) is 13.1. The third kappa shape index (κ3) is 7.66. The van der Waals surface area contributed by atoms with Crippen molar-refractivity contribution in [2.24, 2.45) is 0 Å². The normalized spacial score (nSPS) is 16.8. The molecule has 22 heavy (non-hydrogen) atoms. The third-order valence-corrected chi connectivity index (χ3v) is 3.35. The van der Waals surface area contributed by atoms with Gasteiger partial charge in [0.05, 0.1) is 13.2 Å². The summed E-state index contributed by atoms with van der Waals surface area (Å²) in [5.41, 5.74) is 0. The van der Waals surface area contributed by atoms with Gasteiger partial charge < -0.3 is 20.1 Å². The predicted octanol–water partition coefficient (Wildman–Crippen LogP) is 1.28. The highest BCUT2D eigenvalue weighted by atomic mass is 16.5. The summed E-state index contributed by atoms with van der Waals surface area (Å²) in [4.78, 5) is 33.9. The molecule has 0 aliphatic heterocycles. The number of hydrogen-bond acceptors (Lipinski definition) is 5. The van der Waals surface area contributed by atoms with Crippen LogP contribution in [0.4, 0.5) is 4.79 Å². The molecule has 1 rings (SSSR count). The maximum absolute atomic E-state index is 11.8. The second-order valence-corrected chi connectivity index (χ2v) is 5.34. The molecule has 124 valence electrons. The van der Waals surface area contributed by atoms with Crippen LogP contribution in [0.2, 0.25) is 0 Å². The average molecular weight is 312 g/mol. The first kappa shape index (κ1) is 18.0. The number of methoxy groups -OCH3 is 1. The number of esters is 2. The van der Waals surface area contributed by atoms with Crippen LogP contribution in [-0.4, -0.2) is 43.8 Å². The van der Waals surface area contributed by atoms with Gasteiger partial charge in [-0.1, -0.05) is 19.3 Å². The smallest absolute Gasteiger partial charge is 0.331 e. The predicted molar refractivity (Wildman–Crippen MR) is 80.1 cm³/mol. The molecule has 1 aliphatic rings. The van der Waals surface area contributed by atoms with Crippen molar-refractivity contribution in [2.45, 2.75) is 51.1 Å². The number of nitrogens with one attached hydrogen (secondary N) is 2. The maximum Gasteiger partial charge on any atom is 0.331 e. The van der Waals surface area contributed by atoms with Crippen molar-refractivity contribution in [3.8, 4) is 0 Å². The van der Waals surface area contributed by atoms with E-state index in [1.165, 1.54) is 13.5 Å². The molecule has 1 unspecified atom stereocenters. The van der Waals surface area contributed by atoms with E-state index in [0.29, 0.717) is 0 Å². The lowest BCUT2D eigenvalue weighted by Gasteiger charge is -2.24. The van der Waals surface area contributed by atoms with Gasteiger partial charge in [0.1, 0.15) is 6.61 Å². The highest BCUT2D eigenvalue weighted by molar-refractivity contribution is 5.91. The second kappa shape index (κ2) is 9.81. The minimum Gasteiger partial charge on any atom is -0.466 e. The quantitative estimate of drug-likeness (QED) is 0.569. The molecule has 0 aromatic carbocycles. The van der Waals surface area contributed by atoms with Crippen molar-refractivity contribution < 1.29 is 23.9 Å². The number of rotatable bonds is 6. The highest BCUT2D eigenvalue weighted by Gasteiger charge is 2.16. The lowest BCUT2D eigenvalue weighted by molar-refractivity contribution is -0.139. The molecule has 0 spiro atoms. The Morgan fingerprint density at radius 3 is 2.41 bits per heavy atom. The molecular weight excluding hydrogens is 288 g/mol. The van der Waals surface area contributed by atoms with Gasteiger partial charge in [0.15, 0.2) is 0 Å². The van der Waals surface area contributed by atoms with Crippen LogP contribution in [0.5, 0.6) is 0 Å². The lowest BCUT2D eigenvalue weighted by Crippen LogP contribution is -2.47. The minimum absolute atomic E-state index is 0.0302. The molecule has 7 heteroatoms.